The number of amides is 1. The zero-order valence-corrected chi connectivity index (χ0v) is 17.2. The van der Waals surface area contributed by atoms with E-state index in [0.717, 1.165) is 29.9 Å². The normalized spacial score (nSPS) is 11.0. The average molecular weight is 397 g/mol. The Kier molecular flexibility index (Phi) is 6.47. The number of anilines is 1. The Labute approximate surface area is 170 Å². The van der Waals surface area contributed by atoms with E-state index < -0.39 is 0 Å². The fraction of sp³-hybridized carbons (Fsp3) is 0.318. The van der Waals surface area contributed by atoms with Crippen molar-refractivity contribution < 1.29 is 4.79 Å². The van der Waals surface area contributed by atoms with Gasteiger partial charge in [-0.3, -0.25) is 4.79 Å². The molecule has 2 aromatic carbocycles. The fourth-order valence-electron chi connectivity index (χ4n) is 3.07. The van der Waals surface area contributed by atoms with Crippen molar-refractivity contribution in [3.05, 3.63) is 70.5 Å². The molecule has 0 atom stereocenters. The van der Waals surface area contributed by atoms with Crippen LogP contribution in [-0.4, -0.2) is 20.9 Å². The van der Waals surface area contributed by atoms with E-state index in [4.69, 9.17) is 11.6 Å². The number of carbonyl (C=O) groups excluding carboxylic acids is 1. The van der Waals surface area contributed by atoms with Crippen molar-refractivity contribution in [3.8, 4) is 5.69 Å². The first-order chi connectivity index (χ1) is 13.5. The highest BCUT2D eigenvalue weighted by Crippen LogP contribution is 2.23. The van der Waals surface area contributed by atoms with Crippen molar-refractivity contribution in [2.45, 2.75) is 46.0 Å². The Balaban J connectivity index is 1.82. The second kappa shape index (κ2) is 9.02. The van der Waals surface area contributed by atoms with Gasteiger partial charge in [0.1, 0.15) is 0 Å². The van der Waals surface area contributed by atoms with Crippen molar-refractivity contribution in [1.29, 1.82) is 0 Å². The van der Waals surface area contributed by atoms with Gasteiger partial charge in [0.05, 0.1) is 11.4 Å². The third kappa shape index (κ3) is 4.60. The van der Waals surface area contributed by atoms with Crippen molar-refractivity contribution >= 4 is 23.2 Å². The number of carbonyl (C=O) groups is 1. The summed E-state index contributed by atoms with van der Waals surface area (Å²) < 4.78 is 1.70. The number of nitrogens with one attached hydrogen (secondary N) is 1. The van der Waals surface area contributed by atoms with E-state index in [1.807, 2.05) is 38.1 Å². The van der Waals surface area contributed by atoms with Crippen molar-refractivity contribution in [2.24, 2.45) is 0 Å². The molecule has 0 fully saturated rings. The van der Waals surface area contributed by atoms with Gasteiger partial charge >= 0.3 is 0 Å². The fourth-order valence-corrected chi connectivity index (χ4v) is 3.19. The predicted octanol–water partition coefficient (Wildman–Crippen LogP) is 5.64. The highest BCUT2D eigenvalue weighted by molar-refractivity contribution is 6.30. The molecule has 0 aliphatic carbocycles. The minimum atomic E-state index is -0.259. The van der Waals surface area contributed by atoms with Crippen LogP contribution in [-0.2, 0) is 6.42 Å². The zero-order valence-electron chi connectivity index (χ0n) is 16.4. The Morgan fingerprint density at radius 2 is 1.79 bits per heavy atom. The molecule has 0 spiro atoms. The second-order valence-corrected chi connectivity index (χ2v) is 7.56. The van der Waals surface area contributed by atoms with Gasteiger partial charge in [-0.25, -0.2) is 4.68 Å². The molecular weight excluding hydrogens is 372 g/mol. The van der Waals surface area contributed by atoms with E-state index in [2.05, 4.69) is 34.7 Å². The van der Waals surface area contributed by atoms with Gasteiger partial charge in [0.15, 0.2) is 5.69 Å². The van der Waals surface area contributed by atoms with Crippen molar-refractivity contribution in [1.82, 2.24) is 15.0 Å². The molecule has 3 rings (SSSR count). The molecule has 0 bridgehead atoms. The minimum absolute atomic E-state index is 0.0721. The van der Waals surface area contributed by atoms with Gasteiger partial charge in [0.25, 0.3) is 5.91 Å². The molecule has 0 aliphatic rings. The molecule has 1 amide bonds. The maximum absolute atomic E-state index is 12.8. The van der Waals surface area contributed by atoms with Crippen LogP contribution in [0, 0.1) is 0 Å². The largest absolute Gasteiger partial charge is 0.321 e. The molecule has 146 valence electrons. The molecule has 3 aromatic rings. The number of halogens is 1. The van der Waals surface area contributed by atoms with Crippen LogP contribution in [0.5, 0.6) is 0 Å². The van der Waals surface area contributed by atoms with Gasteiger partial charge < -0.3 is 5.32 Å². The quantitative estimate of drug-likeness (QED) is 0.562. The molecule has 1 aromatic heterocycles. The lowest BCUT2D eigenvalue weighted by atomic mass is 10.1. The maximum atomic E-state index is 12.8. The SMILES string of the molecule is CCCCc1ccc(NC(=O)c2nnn(-c3ccc(Cl)cc3)c2C(C)C)cc1. The smallest absolute Gasteiger partial charge is 0.278 e. The number of hydrogen-bond donors (Lipinski definition) is 1. The summed E-state index contributed by atoms with van der Waals surface area (Å²) in [5, 5.41) is 12.0. The summed E-state index contributed by atoms with van der Waals surface area (Å²) in [7, 11) is 0. The summed E-state index contributed by atoms with van der Waals surface area (Å²) >= 11 is 5.98. The molecule has 6 heteroatoms. The lowest BCUT2D eigenvalue weighted by molar-refractivity contribution is 0.102. The molecule has 1 N–H and O–H groups in total. The van der Waals surface area contributed by atoms with E-state index in [1.54, 1.807) is 16.8 Å². The zero-order chi connectivity index (χ0) is 20.1. The highest BCUT2D eigenvalue weighted by atomic mass is 35.5. The third-order valence-electron chi connectivity index (χ3n) is 4.57. The lowest BCUT2D eigenvalue weighted by Gasteiger charge is -2.11. The first-order valence-corrected chi connectivity index (χ1v) is 9.99. The summed E-state index contributed by atoms with van der Waals surface area (Å²) in [5.74, 6) is -0.187. The van der Waals surface area contributed by atoms with Crippen LogP contribution in [0.4, 0.5) is 5.69 Å². The summed E-state index contributed by atoms with van der Waals surface area (Å²) in [6.45, 7) is 6.22. The topological polar surface area (TPSA) is 59.8 Å². The molecule has 28 heavy (non-hydrogen) atoms. The van der Waals surface area contributed by atoms with E-state index in [-0.39, 0.29) is 11.8 Å². The van der Waals surface area contributed by atoms with Crippen LogP contribution in [0.1, 0.15) is 61.3 Å². The Bertz CT molecular complexity index is 930. The van der Waals surface area contributed by atoms with Gasteiger partial charge in [-0.05, 0) is 60.7 Å². The van der Waals surface area contributed by atoms with Crippen LogP contribution >= 0.6 is 11.6 Å². The summed E-state index contributed by atoms with van der Waals surface area (Å²) in [6.07, 6.45) is 3.38. The highest BCUT2D eigenvalue weighted by Gasteiger charge is 2.23. The van der Waals surface area contributed by atoms with E-state index >= 15 is 0 Å². The van der Waals surface area contributed by atoms with Crippen LogP contribution in [0.2, 0.25) is 5.02 Å². The molecule has 0 aliphatic heterocycles. The van der Waals surface area contributed by atoms with Crippen LogP contribution < -0.4 is 5.32 Å². The number of rotatable bonds is 7. The monoisotopic (exact) mass is 396 g/mol. The molecular formula is C22H25ClN4O. The molecule has 0 radical (unpaired) electrons. The van der Waals surface area contributed by atoms with Gasteiger partial charge in [0, 0.05) is 10.7 Å². The predicted molar refractivity (Wildman–Crippen MR) is 113 cm³/mol. The Hall–Kier alpha value is -2.66. The molecule has 1 heterocycles. The van der Waals surface area contributed by atoms with Gasteiger partial charge in [-0.2, -0.15) is 0 Å². The minimum Gasteiger partial charge on any atom is -0.321 e. The number of nitrogens with zero attached hydrogens (tertiary/aromatic N) is 3. The molecule has 0 saturated heterocycles. The van der Waals surface area contributed by atoms with Gasteiger partial charge in [0.2, 0.25) is 0 Å². The first-order valence-electron chi connectivity index (χ1n) is 9.61. The molecule has 0 unspecified atom stereocenters. The van der Waals surface area contributed by atoms with Crippen molar-refractivity contribution in [3.63, 3.8) is 0 Å². The van der Waals surface area contributed by atoms with Crippen LogP contribution in [0.25, 0.3) is 5.69 Å². The third-order valence-corrected chi connectivity index (χ3v) is 4.82. The van der Waals surface area contributed by atoms with Gasteiger partial charge in [-0.1, -0.05) is 56.1 Å². The number of aryl methyl sites for hydroxylation is 1. The number of benzene rings is 2. The Morgan fingerprint density at radius 1 is 1.11 bits per heavy atom. The number of unbranched alkanes of at least 4 members (excludes halogenated alkanes) is 1. The average Bonchev–Trinajstić information content (AvgIpc) is 3.13. The summed E-state index contributed by atoms with van der Waals surface area (Å²) in [4.78, 5) is 12.8. The summed E-state index contributed by atoms with van der Waals surface area (Å²) in [5.41, 5.74) is 3.94. The van der Waals surface area contributed by atoms with Crippen LogP contribution in [0.3, 0.4) is 0 Å². The number of hydrogen-bond acceptors (Lipinski definition) is 3. The van der Waals surface area contributed by atoms with E-state index in [9.17, 15) is 4.79 Å². The second-order valence-electron chi connectivity index (χ2n) is 7.12. The maximum Gasteiger partial charge on any atom is 0.278 e. The molecule has 5 nitrogen and oxygen atoms in total. The molecule has 0 saturated carbocycles. The van der Waals surface area contributed by atoms with Crippen molar-refractivity contribution in [2.75, 3.05) is 5.32 Å². The summed E-state index contributed by atoms with van der Waals surface area (Å²) in [6, 6.07) is 15.3. The first kappa shape index (κ1) is 20.1. The van der Waals surface area contributed by atoms with Gasteiger partial charge in [-0.15, -0.1) is 5.10 Å². The van der Waals surface area contributed by atoms with Crippen LogP contribution in [0.15, 0.2) is 48.5 Å². The number of aromatic nitrogens is 3. The Morgan fingerprint density at radius 3 is 2.39 bits per heavy atom. The lowest BCUT2D eigenvalue weighted by Crippen LogP contribution is -2.16. The van der Waals surface area contributed by atoms with E-state index in [1.165, 1.54) is 12.0 Å². The van der Waals surface area contributed by atoms with E-state index in [0.29, 0.717) is 10.7 Å². The standard InChI is InChI=1S/C22H25ClN4O/c1-4-5-6-16-7-11-18(12-8-16)24-22(28)20-21(15(2)3)27(26-25-20)19-13-9-17(23)10-14-19/h7-15H,4-6H2,1-3H3,(H,24,28).